The molecule has 0 aromatic carbocycles. The summed E-state index contributed by atoms with van der Waals surface area (Å²) in [6, 6.07) is 0. The molecule has 0 saturated heterocycles. The molecular weight excluding hydrogens is 144 g/mol. The molecule has 2 atom stereocenters. The Morgan fingerprint density at radius 2 is 1.58 bits per heavy atom. The summed E-state index contributed by atoms with van der Waals surface area (Å²) in [6.07, 6.45) is 20.3. The molecule has 12 heavy (non-hydrogen) atoms. The van der Waals surface area contributed by atoms with Gasteiger partial charge in [-0.1, -0.05) is 48.6 Å². The highest BCUT2D eigenvalue weighted by molar-refractivity contribution is 5.21. The van der Waals surface area contributed by atoms with Gasteiger partial charge in [-0.25, -0.2) is 0 Å². The van der Waals surface area contributed by atoms with E-state index in [1.807, 2.05) is 0 Å². The molecule has 0 aliphatic heterocycles. The van der Waals surface area contributed by atoms with Crippen molar-refractivity contribution < 1.29 is 0 Å². The smallest absolute Gasteiger partial charge is 0.00158 e. The minimum absolute atomic E-state index is 0.639. The molecule has 0 saturated carbocycles. The van der Waals surface area contributed by atoms with E-state index in [-0.39, 0.29) is 0 Å². The van der Waals surface area contributed by atoms with Crippen LogP contribution in [0.4, 0.5) is 0 Å². The SMILES string of the molecule is C1=CC2/C=C\C=C/CCC2C=C1. The zero-order valence-corrected chi connectivity index (χ0v) is 7.19. The van der Waals surface area contributed by atoms with Gasteiger partial charge in [0.2, 0.25) is 0 Å². The zero-order valence-electron chi connectivity index (χ0n) is 7.19. The van der Waals surface area contributed by atoms with Crippen LogP contribution in [0.3, 0.4) is 0 Å². The molecule has 62 valence electrons. The zero-order chi connectivity index (χ0) is 8.23. The molecule has 0 aromatic rings. The van der Waals surface area contributed by atoms with E-state index >= 15 is 0 Å². The number of allylic oxidation sites excluding steroid dienone is 8. The molecule has 0 heteroatoms. The van der Waals surface area contributed by atoms with Crippen LogP contribution in [0.15, 0.2) is 48.6 Å². The van der Waals surface area contributed by atoms with Gasteiger partial charge in [0.15, 0.2) is 0 Å². The number of fused-ring (bicyclic) bond motifs is 1. The predicted molar refractivity (Wildman–Crippen MR) is 52.8 cm³/mol. The molecule has 0 fully saturated rings. The van der Waals surface area contributed by atoms with Gasteiger partial charge in [0, 0.05) is 5.92 Å². The molecule has 2 rings (SSSR count). The number of hydrogen-bond donors (Lipinski definition) is 0. The third kappa shape index (κ3) is 1.58. The topological polar surface area (TPSA) is 0 Å². The van der Waals surface area contributed by atoms with Gasteiger partial charge in [0.1, 0.15) is 0 Å². The highest BCUT2D eigenvalue weighted by atomic mass is 14.2. The lowest BCUT2D eigenvalue weighted by atomic mass is 9.84. The first-order valence-electron chi connectivity index (χ1n) is 4.65. The molecule has 0 radical (unpaired) electrons. The van der Waals surface area contributed by atoms with Crippen molar-refractivity contribution >= 4 is 0 Å². The van der Waals surface area contributed by atoms with Crippen molar-refractivity contribution in [3.8, 4) is 0 Å². The van der Waals surface area contributed by atoms with Crippen molar-refractivity contribution in [2.75, 3.05) is 0 Å². The second-order valence-corrected chi connectivity index (χ2v) is 3.40. The summed E-state index contributed by atoms with van der Waals surface area (Å²) in [7, 11) is 0. The van der Waals surface area contributed by atoms with Crippen molar-refractivity contribution in [1.82, 2.24) is 0 Å². The van der Waals surface area contributed by atoms with Gasteiger partial charge in [-0.3, -0.25) is 0 Å². The minimum atomic E-state index is 0.639. The maximum atomic E-state index is 2.33. The fraction of sp³-hybridized carbons (Fsp3) is 0.333. The summed E-state index contributed by atoms with van der Waals surface area (Å²) >= 11 is 0. The summed E-state index contributed by atoms with van der Waals surface area (Å²) in [5.41, 5.74) is 0. The van der Waals surface area contributed by atoms with Gasteiger partial charge in [0.05, 0.1) is 0 Å². The van der Waals surface area contributed by atoms with E-state index < -0.39 is 0 Å². The predicted octanol–water partition coefficient (Wildman–Crippen LogP) is 3.25. The standard InChI is InChI=1S/C12H14/c1-2-4-8-12-10-6-5-9-11(12)7-3-1/h1-3,5-7,9-12H,4,8H2/b2-1-,7-3-. The van der Waals surface area contributed by atoms with Crippen molar-refractivity contribution in [3.63, 3.8) is 0 Å². The Kier molecular flexibility index (Phi) is 2.26. The molecular formula is C12H14. The lowest BCUT2D eigenvalue weighted by Gasteiger charge is -2.21. The molecule has 0 nitrogen and oxygen atoms in total. The molecule has 2 aliphatic rings. The summed E-state index contributed by atoms with van der Waals surface area (Å²) in [5.74, 6) is 1.37. The lowest BCUT2D eigenvalue weighted by molar-refractivity contribution is 0.511. The van der Waals surface area contributed by atoms with E-state index in [1.54, 1.807) is 0 Å². The van der Waals surface area contributed by atoms with Crippen LogP contribution in [-0.4, -0.2) is 0 Å². The fourth-order valence-electron chi connectivity index (χ4n) is 1.82. The Bertz CT molecular complexity index is 253. The average Bonchev–Trinajstić information content (AvgIpc) is 2.06. The summed E-state index contributed by atoms with van der Waals surface area (Å²) < 4.78 is 0. The Labute approximate surface area is 74.0 Å². The second-order valence-electron chi connectivity index (χ2n) is 3.40. The second kappa shape index (κ2) is 3.57. The fourth-order valence-corrected chi connectivity index (χ4v) is 1.82. The Morgan fingerprint density at radius 3 is 2.50 bits per heavy atom. The van der Waals surface area contributed by atoms with Gasteiger partial charge in [-0.05, 0) is 18.8 Å². The van der Waals surface area contributed by atoms with Gasteiger partial charge in [-0.2, -0.15) is 0 Å². The first-order valence-corrected chi connectivity index (χ1v) is 4.65. The quantitative estimate of drug-likeness (QED) is 0.507. The van der Waals surface area contributed by atoms with Crippen LogP contribution in [0.1, 0.15) is 12.8 Å². The number of rotatable bonds is 0. The van der Waals surface area contributed by atoms with Crippen LogP contribution in [-0.2, 0) is 0 Å². The number of hydrogen-bond acceptors (Lipinski definition) is 0. The average molecular weight is 158 g/mol. The normalized spacial score (nSPS) is 38.0. The van der Waals surface area contributed by atoms with Crippen LogP contribution in [0, 0.1) is 11.8 Å². The lowest BCUT2D eigenvalue weighted by Crippen LogP contribution is -2.10. The van der Waals surface area contributed by atoms with E-state index in [2.05, 4.69) is 48.6 Å². The maximum Gasteiger partial charge on any atom is 0.00158 e. The molecule has 0 bridgehead atoms. The van der Waals surface area contributed by atoms with E-state index in [1.165, 1.54) is 12.8 Å². The first-order chi connectivity index (χ1) is 5.97. The molecule has 2 unspecified atom stereocenters. The molecule has 0 heterocycles. The summed E-state index contributed by atoms with van der Waals surface area (Å²) in [5, 5.41) is 0. The third-order valence-electron chi connectivity index (χ3n) is 2.54. The largest absolute Gasteiger partial charge is 0.0845 e. The van der Waals surface area contributed by atoms with Crippen LogP contribution in [0.25, 0.3) is 0 Å². The van der Waals surface area contributed by atoms with Crippen molar-refractivity contribution in [2.45, 2.75) is 12.8 Å². The van der Waals surface area contributed by atoms with Crippen LogP contribution in [0.2, 0.25) is 0 Å². The van der Waals surface area contributed by atoms with Crippen LogP contribution in [0.5, 0.6) is 0 Å². The van der Waals surface area contributed by atoms with Crippen molar-refractivity contribution in [2.24, 2.45) is 11.8 Å². The Morgan fingerprint density at radius 1 is 0.833 bits per heavy atom. The van der Waals surface area contributed by atoms with Gasteiger partial charge in [-0.15, -0.1) is 0 Å². The minimum Gasteiger partial charge on any atom is -0.0845 e. The molecule has 0 aromatic heterocycles. The third-order valence-corrected chi connectivity index (χ3v) is 2.54. The van der Waals surface area contributed by atoms with Gasteiger partial charge >= 0.3 is 0 Å². The Hall–Kier alpha value is -1.04. The van der Waals surface area contributed by atoms with E-state index in [4.69, 9.17) is 0 Å². The summed E-state index contributed by atoms with van der Waals surface area (Å²) in [4.78, 5) is 0. The van der Waals surface area contributed by atoms with E-state index in [9.17, 15) is 0 Å². The van der Waals surface area contributed by atoms with Crippen molar-refractivity contribution in [3.05, 3.63) is 48.6 Å². The molecule has 2 aliphatic carbocycles. The highest BCUT2D eigenvalue weighted by Crippen LogP contribution is 2.26. The Balaban J connectivity index is 2.17. The van der Waals surface area contributed by atoms with Gasteiger partial charge in [0.25, 0.3) is 0 Å². The molecule has 0 amide bonds. The molecule has 0 N–H and O–H groups in total. The monoisotopic (exact) mass is 158 g/mol. The maximum absolute atomic E-state index is 2.33. The highest BCUT2D eigenvalue weighted by Gasteiger charge is 2.15. The van der Waals surface area contributed by atoms with Crippen molar-refractivity contribution in [1.29, 1.82) is 0 Å². The van der Waals surface area contributed by atoms with E-state index in [0.717, 1.165) is 5.92 Å². The van der Waals surface area contributed by atoms with E-state index in [0.29, 0.717) is 5.92 Å². The van der Waals surface area contributed by atoms with Crippen LogP contribution >= 0.6 is 0 Å². The summed E-state index contributed by atoms with van der Waals surface area (Å²) in [6.45, 7) is 0. The first kappa shape index (κ1) is 7.60. The van der Waals surface area contributed by atoms with Crippen LogP contribution < -0.4 is 0 Å². The molecule has 0 spiro atoms. The van der Waals surface area contributed by atoms with Gasteiger partial charge < -0.3 is 0 Å².